The van der Waals surface area contributed by atoms with Gasteiger partial charge in [0, 0.05) is 0 Å². The van der Waals surface area contributed by atoms with Gasteiger partial charge in [0.05, 0.1) is 6.61 Å². The molecule has 0 bridgehead atoms. The van der Waals surface area contributed by atoms with E-state index in [1.54, 1.807) is 6.08 Å². The van der Waals surface area contributed by atoms with Crippen LogP contribution in [0.5, 0.6) is 0 Å². The van der Waals surface area contributed by atoms with Gasteiger partial charge in [-0.05, 0) is 17.2 Å². The Morgan fingerprint density at radius 2 is 2.07 bits per heavy atom. The highest BCUT2D eigenvalue weighted by molar-refractivity contribution is 5.57. The first-order valence-corrected chi connectivity index (χ1v) is 5.07. The first-order chi connectivity index (χ1) is 7.40. The highest BCUT2D eigenvalue weighted by atomic mass is 16.6. The number of rotatable bonds is 4. The molecule has 1 atom stereocenters. The van der Waals surface area contributed by atoms with Gasteiger partial charge in [0.1, 0.15) is 6.10 Å². The van der Waals surface area contributed by atoms with E-state index in [0.29, 0.717) is 0 Å². The lowest BCUT2D eigenvalue weighted by atomic mass is 10.1. The van der Waals surface area contributed by atoms with E-state index in [0.717, 1.165) is 6.61 Å². The van der Waals surface area contributed by atoms with E-state index in [2.05, 4.69) is 30.9 Å². The van der Waals surface area contributed by atoms with Crippen LogP contribution in [0, 0.1) is 0 Å². The van der Waals surface area contributed by atoms with Crippen molar-refractivity contribution in [3.8, 4) is 0 Å². The number of hydrogen-bond acceptors (Lipinski definition) is 1. The highest BCUT2D eigenvalue weighted by Gasteiger charge is 2.25. The van der Waals surface area contributed by atoms with Crippen molar-refractivity contribution in [2.75, 3.05) is 6.61 Å². The maximum absolute atomic E-state index is 5.29. The third kappa shape index (κ3) is 2.93. The van der Waals surface area contributed by atoms with Gasteiger partial charge >= 0.3 is 0 Å². The minimum atomic E-state index is 0.279. The average Bonchev–Trinajstić information content (AvgIpc) is 3.09. The van der Waals surface area contributed by atoms with Crippen LogP contribution in [0.15, 0.2) is 60.7 Å². The summed E-state index contributed by atoms with van der Waals surface area (Å²) in [5, 5.41) is 0. The molecule has 1 heteroatoms. The average molecular weight is 198 g/mol. The number of hydrogen-bond donors (Lipinski definition) is 0. The van der Waals surface area contributed by atoms with E-state index in [4.69, 9.17) is 4.74 Å². The van der Waals surface area contributed by atoms with E-state index in [1.807, 2.05) is 24.3 Å². The van der Waals surface area contributed by atoms with Crippen LogP contribution >= 0.6 is 0 Å². The van der Waals surface area contributed by atoms with Crippen molar-refractivity contribution in [3.63, 3.8) is 0 Å². The Hall–Kier alpha value is -1.60. The van der Waals surface area contributed by atoms with Crippen molar-refractivity contribution in [3.05, 3.63) is 66.3 Å². The molecule has 1 heterocycles. The maximum atomic E-state index is 5.29. The van der Waals surface area contributed by atoms with Gasteiger partial charge in [-0.3, -0.25) is 0 Å². The smallest absolute Gasteiger partial charge is 0.106 e. The molecule has 1 aromatic rings. The third-order valence-corrected chi connectivity index (χ3v) is 2.26. The van der Waals surface area contributed by atoms with Gasteiger partial charge in [-0.15, -0.1) is 0 Å². The van der Waals surface area contributed by atoms with Crippen LogP contribution in [0.2, 0.25) is 0 Å². The van der Waals surface area contributed by atoms with E-state index in [-0.39, 0.29) is 6.10 Å². The molecular formula is C14H14O. The van der Waals surface area contributed by atoms with Crippen LogP contribution < -0.4 is 0 Å². The van der Waals surface area contributed by atoms with Gasteiger partial charge in [-0.2, -0.15) is 0 Å². The summed E-state index contributed by atoms with van der Waals surface area (Å²) in [7, 11) is 0. The van der Waals surface area contributed by atoms with Crippen molar-refractivity contribution in [1.29, 1.82) is 0 Å². The van der Waals surface area contributed by atoms with Crippen LogP contribution in [-0.4, -0.2) is 12.7 Å². The molecule has 0 spiro atoms. The van der Waals surface area contributed by atoms with Crippen molar-refractivity contribution >= 4 is 6.08 Å². The molecule has 1 aliphatic rings. The Bertz CT molecular complexity index is 383. The lowest BCUT2D eigenvalue weighted by Crippen LogP contribution is -1.88. The zero-order valence-electron chi connectivity index (χ0n) is 8.60. The van der Waals surface area contributed by atoms with Crippen molar-refractivity contribution in [1.82, 2.24) is 0 Å². The van der Waals surface area contributed by atoms with E-state index < -0.39 is 0 Å². The van der Waals surface area contributed by atoms with E-state index >= 15 is 0 Å². The third-order valence-electron chi connectivity index (χ3n) is 2.26. The Labute approximate surface area is 90.4 Å². The molecule has 2 rings (SSSR count). The monoisotopic (exact) mass is 198 g/mol. The molecule has 0 saturated carbocycles. The normalized spacial score (nSPS) is 20.5. The SMILES string of the molecule is C=CC=CC(=Cc1ccccc1)C1CO1. The molecule has 15 heavy (non-hydrogen) atoms. The molecule has 1 saturated heterocycles. The number of ether oxygens (including phenoxy) is 1. The second-order valence-corrected chi connectivity index (χ2v) is 3.47. The fraction of sp³-hybridized carbons (Fsp3) is 0.143. The van der Waals surface area contributed by atoms with Crippen LogP contribution in [0.3, 0.4) is 0 Å². The molecule has 0 amide bonds. The zero-order chi connectivity index (χ0) is 10.5. The molecule has 1 aliphatic heterocycles. The predicted octanol–water partition coefficient (Wildman–Crippen LogP) is 3.21. The largest absolute Gasteiger partial charge is 0.368 e. The Morgan fingerprint density at radius 3 is 2.67 bits per heavy atom. The summed E-state index contributed by atoms with van der Waals surface area (Å²) in [6.07, 6.45) is 8.20. The lowest BCUT2D eigenvalue weighted by Gasteiger charge is -1.97. The van der Waals surface area contributed by atoms with Crippen molar-refractivity contribution < 1.29 is 4.74 Å². The summed E-state index contributed by atoms with van der Waals surface area (Å²) in [5.41, 5.74) is 2.41. The minimum absolute atomic E-state index is 0.279. The van der Waals surface area contributed by atoms with Gasteiger partial charge in [0.25, 0.3) is 0 Å². The van der Waals surface area contributed by atoms with Gasteiger partial charge in [-0.1, -0.05) is 55.1 Å². The molecule has 0 aliphatic carbocycles. The lowest BCUT2D eigenvalue weighted by molar-refractivity contribution is 0.435. The summed E-state index contributed by atoms with van der Waals surface area (Å²) in [6, 6.07) is 10.3. The van der Waals surface area contributed by atoms with Crippen LogP contribution in [0.25, 0.3) is 6.08 Å². The van der Waals surface area contributed by atoms with E-state index in [1.165, 1.54) is 11.1 Å². The minimum Gasteiger partial charge on any atom is -0.368 e. The van der Waals surface area contributed by atoms with Crippen LogP contribution in [0.1, 0.15) is 5.56 Å². The molecule has 1 unspecified atom stereocenters. The number of allylic oxidation sites excluding steroid dienone is 2. The predicted molar refractivity (Wildman–Crippen MR) is 63.5 cm³/mol. The maximum Gasteiger partial charge on any atom is 0.106 e. The van der Waals surface area contributed by atoms with Crippen LogP contribution in [0.4, 0.5) is 0 Å². The molecular weight excluding hydrogens is 184 g/mol. The highest BCUT2D eigenvalue weighted by Crippen LogP contribution is 2.23. The standard InChI is InChI=1S/C14H14O/c1-2-3-9-13(14-11-15-14)10-12-7-5-4-6-8-12/h2-10,14H,1,11H2. The molecule has 0 radical (unpaired) electrons. The summed E-state index contributed by atoms with van der Waals surface area (Å²) in [5.74, 6) is 0. The number of benzene rings is 1. The van der Waals surface area contributed by atoms with Crippen molar-refractivity contribution in [2.45, 2.75) is 6.10 Å². The summed E-state index contributed by atoms with van der Waals surface area (Å²) < 4.78 is 5.29. The zero-order valence-corrected chi connectivity index (χ0v) is 8.60. The molecule has 1 nitrogen and oxygen atoms in total. The second kappa shape index (κ2) is 4.76. The van der Waals surface area contributed by atoms with Gasteiger partial charge in [-0.25, -0.2) is 0 Å². The topological polar surface area (TPSA) is 12.5 Å². The van der Waals surface area contributed by atoms with Gasteiger partial charge in [0.15, 0.2) is 0 Å². The Kier molecular flexibility index (Phi) is 3.15. The summed E-state index contributed by atoms with van der Waals surface area (Å²) >= 11 is 0. The second-order valence-electron chi connectivity index (χ2n) is 3.47. The fourth-order valence-corrected chi connectivity index (χ4v) is 1.41. The first-order valence-electron chi connectivity index (χ1n) is 5.07. The molecule has 0 N–H and O–H groups in total. The van der Waals surface area contributed by atoms with Gasteiger partial charge in [0.2, 0.25) is 0 Å². The quantitative estimate of drug-likeness (QED) is 0.534. The molecule has 1 aromatic carbocycles. The Morgan fingerprint density at radius 1 is 1.33 bits per heavy atom. The van der Waals surface area contributed by atoms with Crippen LogP contribution in [-0.2, 0) is 4.74 Å². The fourth-order valence-electron chi connectivity index (χ4n) is 1.41. The Balaban J connectivity index is 2.20. The van der Waals surface area contributed by atoms with Crippen molar-refractivity contribution in [2.24, 2.45) is 0 Å². The summed E-state index contributed by atoms with van der Waals surface area (Å²) in [4.78, 5) is 0. The van der Waals surface area contributed by atoms with E-state index in [9.17, 15) is 0 Å². The van der Waals surface area contributed by atoms with Gasteiger partial charge < -0.3 is 4.74 Å². The molecule has 76 valence electrons. The first kappa shape index (κ1) is 9.94. The molecule has 0 aromatic heterocycles. The summed E-state index contributed by atoms with van der Waals surface area (Å²) in [6.45, 7) is 4.50. The molecule has 1 fully saturated rings. The number of epoxide rings is 1.